The van der Waals surface area contributed by atoms with Gasteiger partial charge in [0.2, 0.25) is 5.91 Å². The van der Waals surface area contributed by atoms with Crippen LogP contribution in [0.5, 0.6) is 0 Å². The zero-order valence-corrected chi connectivity index (χ0v) is 16.9. The van der Waals surface area contributed by atoms with Gasteiger partial charge in [0.15, 0.2) is 5.82 Å². The maximum Gasteiger partial charge on any atom is 0.223 e. The first-order chi connectivity index (χ1) is 14.6. The molecule has 1 unspecified atom stereocenters. The molecule has 0 aliphatic carbocycles. The van der Waals surface area contributed by atoms with E-state index in [0.717, 1.165) is 37.1 Å². The molecule has 30 heavy (non-hydrogen) atoms. The van der Waals surface area contributed by atoms with Crippen LogP contribution in [0, 0.1) is 5.82 Å². The number of aromatic nitrogens is 3. The molecule has 3 heterocycles. The molecule has 1 N–H and O–H groups in total. The number of pyridine rings is 1. The number of halogens is 1. The van der Waals surface area contributed by atoms with Crippen molar-refractivity contribution >= 4 is 17.4 Å². The molecular formula is C23H24FN5O. The lowest BCUT2D eigenvalue weighted by atomic mass is 10.1. The number of hydrogen-bond acceptors (Lipinski definition) is 5. The number of nitrogens with zero attached hydrogens (tertiary/aromatic N) is 4. The van der Waals surface area contributed by atoms with Crippen LogP contribution in [-0.4, -0.2) is 32.3 Å². The zero-order chi connectivity index (χ0) is 20.9. The fraction of sp³-hybridized carbons (Fsp3) is 0.304. The fourth-order valence-corrected chi connectivity index (χ4v) is 3.75. The maximum atomic E-state index is 13.6. The van der Waals surface area contributed by atoms with E-state index in [-0.39, 0.29) is 17.8 Å². The van der Waals surface area contributed by atoms with Crippen molar-refractivity contribution in [3.63, 3.8) is 0 Å². The Morgan fingerprint density at radius 1 is 1.20 bits per heavy atom. The fourth-order valence-electron chi connectivity index (χ4n) is 3.75. The molecule has 2 aromatic heterocycles. The largest absolute Gasteiger partial charge is 0.340 e. The standard InChI is InChI=1S/C23H24FN5O/c1-2-5-22(30)29-13-4-8-20(29)23-27-19(16-9-11-25-12-10-16)15-21(28-23)26-18-7-3-6-17(24)14-18/h3,6-7,9-12,14-15,20H,2,4-5,8,13H2,1H3,(H,26,27,28). The molecule has 1 saturated heterocycles. The van der Waals surface area contributed by atoms with Gasteiger partial charge in [0.25, 0.3) is 0 Å². The molecule has 1 atom stereocenters. The number of nitrogens with one attached hydrogen (secondary N) is 1. The molecule has 6 nitrogen and oxygen atoms in total. The summed E-state index contributed by atoms with van der Waals surface area (Å²) in [6.07, 6.45) is 6.51. The van der Waals surface area contributed by atoms with Crippen LogP contribution in [0.1, 0.15) is 44.5 Å². The van der Waals surface area contributed by atoms with Gasteiger partial charge in [-0.15, -0.1) is 0 Å². The molecule has 154 valence electrons. The van der Waals surface area contributed by atoms with E-state index in [1.54, 1.807) is 24.5 Å². The van der Waals surface area contributed by atoms with Crippen LogP contribution in [0.2, 0.25) is 0 Å². The Labute approximate surface area is 175 Å². The number of hydrogen-bond donors (Lipinski definition) is 1. The highest BCUT2D eigenvalue weighted by molar-refractivity contribution is 5.77. The van der Waals surface area contributed by atoms with Crippen LogP contribution < -0.4 is 5.32 Å². The Morgan fingerprint density at radius 3 is 2.80 bits per heavy atom. The number of likely N-dealkylation sites (tertiary alicyclic amines) is 1. The molecule has 0 spiro atoms. The average molecular weight is 405 g/mol. The van der Waals surface area contributed by atoms with E-state index in [0.29, 0.717) is 23.8 Å². The van der Waals surface area contributed by atoms with E-state index in [2.05, 4.69) is 10.3 Å². The minimum atomic E-state index is -0.323. The van der Waals surface area contributed by atoms with Crippen molar-refractivity contribution in [3.05, 3.63) is 66.5 Å². The summed E-state index contributed by atoms with van der Waals surface area (Å²) in [5, 5.41) is 3.18. The highest BCUT2D eigenvalue weighted by Crippen LogP contribution is 2.33. The van der Waals surface area contributed by atoms with Crippen molar-refractivity contribution < 1.29 is 9.18 Å². The van der Waals surface area contributed by atoms with E-state index in [9.17, 15) is 9.18 Å². The number of amides is 1. The highest BCUT2D eigenvalue weighted by Gasteiger charge is 2.32. The van der Waals surface area contributed by atoms with Crippen LogP contribution in [-0.2, 0) is 4.79 Å². The topological polar surface area (TPSA) is 71.0 Å². The first kappa shape index (κ1) is 19.9. The zero-order valence-electron chi connectivity index (χ0n) is 16.9. The normalized spacial score (nSPS) is 15.9. The molecule has 0 saturated carbocycles. The molecule has 1 fully saturated rings. The Bertz CT molecular complexity index is 1030. The number of carbonyl (C=O) groups excluding carboxylic acids is 1. The second-order valence-corrected chi connectivity index (χ2v) is 7.36. The molecule has 0 bridgehead atoms. The van der Waals surface area contributed by atoms with Gasteiger partial charge in [0.05, 0.1) is 11.7 Å². The highest BCUT2D eigenvalue weighted by atomic mass is 19.1. The third-order valence-corrected chi connectivity index (χ3v) is 5.15. The van der Waals surface area contributed by atoms with Crippen LogP contribution in [0.15, 0.2) is 54.9 Å². The van der Waals surface area contributed by atoms with E-state index < -0.39 is 0 Å². The Hall–Kier alpha value is -3.35. The first-order valence-electron chi connectivity index (χ1n) is 10.3. The van der Waals surface area contributed by atoms with Crippen molar-refractivity contribution in [1.82, 2.24) is 19.9 Å². The molecule has 1 aliphatic rings. The SMILES string of the molecule is CCCC(=O)N1CCCC1c1nc(Nc2cccc(F)c2)cc(-c2ccncc2)n1. The van der Waals surface area contributed by atoms with Gasteiger partial charge in [-0.05, 0) is 49.6 Å². The molecule has 1 amide bonds. The second-order valence-electron chi connectivity index (χ2n) is 7.36. The Balaban J connectivity index is 1.73. The van der Waals surface area contributed by atoms with Crippen LogP contribution in [0.4, 0.5) is 15.9 Å². The van der Waals surface area contributed by atoms with Crippen molar-refractivity contribution in [3.8, 4) is 11.3 Å². The van der Waals surface area contributed by atoms with Crippen molar-refractivity contribution in [1.29, 1.82) is 0 Å². The lowest BCUT2D eigenvalue weighted by molar-refractivity contribution is -0.132. The molecule has 1 aliphatic heterocycles. The summed E-state index contributed by atoms with van der Waals surface area (Å²) in [4.78, 5) is 28.1. The predicted octanol–water partition coefficient (Wildman–Crippen LogP) is 4.88. The van der Waals surface area contributed by atoms with Gasteiger partial charge >= 0.3 is 0 Å². The van der Waals surface area contributed by atoms with Crippen molar-refractivity contribution in [2.45, 2.75) is 38.6 Å². The van der Waals surface area contributed by atoms with Crippen LogP contribution >= 0.6 is 0 Å². The van der Waals surface area contributed by atoms with E-state index >= 15 is 0 Å². The number of benzene rings is 1. The maximum absolute atomic E-state index is 13.6. The summed E-state index contributed by atoms with van der Waals surface area (Å²) in [5.74, 6) is 0.977. The lowest BCUT2D eigenvalue weighted by Crippen LogP contribution is -2.31. The molecule has 0 radical (unpaired) electrons. The second kappa shape index (κ2) is 8.98. The van der Waals surface area contributed by atoms with Gasteiger partial charge in [-0.3, -0.25) is 9.78 Å². The third-order valence-electron chi connectivity index (χ3n) is 5.15. The van der Waals surface area contributed by atoms with Gasteiger partial charge in [-0.25, -0.2) is 14.4 Å². The molecular weight excluding hydrogens is 381 g/mol. The summed E-state index contributed by atoms with van der Waals surface area (Å²) in [5.41, 5.74) is 2.24. The van der Waals surface area contributed by atoms with E-state index in [1.165, 1.54) is 12.1 Å². The third kappa shape index (κ3) is 4.45. The minimum Gasteiger partial charge on any atom is -0.340 e. The first-order valence-corrected chi connectivity index (χ1v) is 10.3. The Kier molecular flexibility index (Phi) is 5.97. The summed E-state index contributed by atoms with van der Waals surface area (Å²) < 4.78 is 13.6. The van der Waals surface area contributed by atoms with Gasteiger partial charge in [0.1, 0.15) is 11.6 Å². The predicted molar refractivity (Wildman–Crippen MR) is 114 cm³/mol. The molecule has 3 aromatic rings. The summed E-state index contributed by atoms with van der Waals surface area (Å²) in [6, 6.07) is 11.7. The van der Waals surface area contributed by atoms with Gasteiger partial charge < -0.3 is 10.2 Å². The molecule has 1 aromatic carbocycles. The Morgan fingerprint density at radius 2 is 2.03 bits per heavy atom. The van der Waals surface area contributed by atoms with Gasteiger partial charge in [-0.2, -0.15) is 0 Å². The van der Waals surface area contributed by atoms with Crippen LogP contribution in [0.3, 0.4) is 0 Å². The number of carbonyl (C=O) groups is 1. The summed E-state index contributed by atoms with van der Waals surface area (Å²) >= 11 is 0. The number of anilines is 2. The quantitative estimate of drug-likeness (QED) is 0.633. The molecule has 4 rings (SSSR count). The van der Waals surface area contributed by atoms with Gasteiger partial charge in [0, 0.05) is 42.7 Å². The minimum absolute atomic E-state index is 0.137. The number of rotatable bonds is 6. The average Bonchev–Trinajstić information content (AvgIpc) is 3.25. The van der Waals surface area contributed by atoms with Crippen molar-refractivity contribution in [2.75, 3.05) is 11.9 Å². The summed E-state index contributed by atoms with van der Waals surface area (Å²) in [7, 11) is 0. The monoisotopic (exact) mass is 405 g/mol. The lowest BCUT2D eigenvalue weighted by Gasteiger charge is -2.24. The van der Waals surface area contributed by atoms with Crippen molar-refractivity contribution in [2.24, 2.45) is 0 Å². The van der Waals surface area contributed by atoms with E-state index in [1.807, 2.05) is 30.0 Å². The smallest absolute Gasteiger partial charge is 0.223 e. The summed E-state index contributed by atoms with van der Waals surface area (Å²) in [6.45, 7) is 2.73. The van der Waals surface area contributed by atoms with Crippen LogP contribution in [0.25, 0.3) is 11.3 Å². The van der Waals surface area contributed by atoms with E-state index in [4.69, 9.17) is 9.97 Å². The van der Waals surface area contributed by atoms with Gasteiger partial charge in [-0.1, -0.05) is 13.0 Å². The molecule has 7 heteroatoms.